The lowest BCUT2D eigenvalue weighted by Gasteiger charge is -2.20. The van der Waals surface area contributed by atoms with Gasteiger partial charge in [0, 0.05) is 24.3 Å². The molecule has 0 aliphatic carbocycles. The first-order valence-corrected chi connectivity index (χ1v) is 7.74. The molecule has 4 heteroatoms. The zero-order valence-corrected chi connectivity index (χ0v) is 13.4. The van der Waals surface area contributed by atoms with Gasteiger partial charge < -0.3 is 9.80 Å². The highest BCUT2D eigenvalue weighted by atomic mass is 16.2. The van der Waals surface area contributed by atoms with E-state index in [1.807, 2.05) is 61.5 Å². The largest absolute Gasteiger partial charge is 0.310 e. The van der Waals surface area contributed by atoms with E-state index in [4.69, 9.17) is 0 Å². The molecule has 0 N–H and O–H groups in total. The molecular formula is C19H20N2O2. The molecule has 0 saturated carbocycles. The fourth-order valence-corrected chi connectivity index (χ4v) is 2.94. The van der Waals surface area contributed by atoms with E-state index in [0.717, 1.165) is 17.8 Å². The quantitative estimate of drug-likeness (QED) is 0.629. The van der Waals surface area contributed by atoms with Crippen LogP contribution in [0.25, 0.3) is 0 Å². The van der Waals surface area contributed by atoms with Crippen LogP contribution in [-0.2, 0) is 4.79 Å². The van der Waals surface area contributed by atoms with Crippen LogP contribution < -0.4 is 4.90 Å². The van der Waals surface area contributed by atoms with Gasteiger partial charge in [0.15, 0.2) is 5.78 Å². The highest BCUT2D eigenvalue weighted by Crippen LogP contribution is 2.38. The number of hydrogen-bond acceptors (Lipinski definition) is 3. The minimum Gasteiger partial charge on any atom is -0.310 e. The Morgan fingerprint density at radius 1 is 1.04 bits per heavy atom. The molecule has 1 atom stereocenters. The van der Waals surface area contributed by atoms with Gasteiger partial charge in [-0.05, 0) is 25.7 Å². The molecule has 0 radical (unpaired) electrons. The van der Waals surface area contributed by atoms with Crippen LogP contribution in [0.15, 0.2) is 54.6 Å². The molecule has 1 aliphatic heterocycles. The van der Waals surface area contributed by atoms with Crippen molar-refractivity contribution in [1.82, 2.24) is 4.90 Å². The van der Waals surface area contributed by atoms with Crippen LogP contribution in [0.2, 0.25) is 0 Å². The Kier molecular flexibility index (Phi) is 4.26. The maximum absolute atomic E-state index is 12.9. The number of carbonyl (C=O) groups excluding carboxylic acids is 2. The van der Waals surface area contributed by atoms with Crippen molar-refractivity contribution in [3.63, 3.8) is 0 Å². The summed E-state index contributed by atoms with van der Waals surface area (Å²) in [6.07, 6.45) is 0. The van der Waals surface area contributed by atoms with Crippen molar-refractivity contribution in [2.24, 2.45) is 0 Å². The van der Waals surface area contributed by atoms with E-state index in [1.165, 1.54) is 0 Å². The third kappa shape index (κ3) is 2.90. The van der Waals surface area contributed by atoms with Crippen molar-refractivity contribution in [3.05, 3.63) is 65.7 Å². The summed E-state index contributed by atoms with van der Waals surface area (Å²) in [4.78, 5) is 29.5. The summed E-state index contributed by atoms with van der Waals surface area (Å²) in [6, 6.07) is 16.6. The molecule has 4 nitrogen and oxygen atoms in total. The maximum atomic E-state index is 12.9. The van der Waals surface area contributed by atoms with Crippen LogP contribution >= 0.6 is 0 Å². The number of fused-ring (bicyclic) bond motifs is 1. The Morgan fingerprint density at radius 3 is 2.39 bits per heavy atom. The van der Waals surface area contributed by atoms with Crippen molar-refractivity contribution in [2.75, 3.05) is 32.1 Å². The van der Waals surface area contributed by atoms with Gasteiger partial charge in [-0.25, -0.2) is 0 Å². The second-order valence-electron chi connectivity index (χ2n) is 6.02. The van der Waals surface area contributed by atoms with Gasteiger partial charge in [0.1, 0.15) is 5.92 Å². The number of nitrogens with zero attached hydrogens (tertiary/aromatic N) is 2. The van der Waals surface area contributed by atoms with Gasteiger partial charge in [-0.1, -0.05) is 48.5 Å². The molecule has 118 valence electrons. The average molecular weight is 308 g/mol. The van der Waals surface area contributed by atoms with E-state index >= 15 is 0 Å². The topological polar surface area (TPSA) is 40.6 Å². The summed E-state index contributed by atoms with van der Waals surface area (Å²) < 4.78 is 0. The summed E-state index contributed by atoms with van der Waals surface area (Å²) in [5, 5.41) is 0. The molecule has 0 fully saturated rings. The molecule has 1 heterocycles. The first-order chi connectivity index (χ1) is 11.1. The molecular weight excluding hydrogens is 288 g/mol. The highest BCUT2D eigenvalue weighted by Gasteiger charge is 2.41. The summed E-state index contributed by atoms with van der Waals surface area (Å²) in [7, 11) is 3.94. The molecule has 1 aliphatic rings. The minimum absolute atomic E-state index is 0.123. The zero-order chi connectivity index (χ0) is 16.4. The van der Waals surface area contributed by atoms with E-state index in [2.05, 4.69) is 0 Å². The standard InChI is InChI=1S/C19H20N2O2/c1-20(2)12-13-21-16-11-7-6-10-15(16)17(19(21)23)18(22)14-8-4-3-5-9-14/h3-11,17H,12-13H2,1-2H3. The number of benzene rings is 2. The molecule has 1 unspecified atom stereocenters. The van der Waals surface area contributed by atoms with Crippen molar-refractivity contribution in [3.8, 4) is 0 Å². The molecule has 0 spiro atoms. The van der Waals surface area contributed by atoms with Crippen LogP contribution in [0.3, 0.4) is 0 Å². The van der Waals surface area contributed by atoms with Crippen LogP contribution in [0.4, 0.5) is 5.69 Å². The number of carbonyl (C=O) groups is 2. The second-order valence-corrected chi connectivity index (χ2v) is 6.02. The molecule has 0 bridgehead atoms. The van der Waals surface area contributed by atoms with Crippen LogP contribution in [-0.4, -0.2) is 43.8 Å². The van der Waals surface area contributed by atoms with Crippen molar-refractivity contribution in [2.45, 2.75) is 5.92 Å². The molecule has 2 aromatic carbocycles. The predicted molar refractivity (Wildman–Crippen MR) is 90.9 cm³/mol. The Labute approximate surface area is 136 Å². The number of amides is 1. The van der Waals surface area contributed by atoms with Gasteiger partial charge in [-0.3, -0.25) is 9.59 Å². The maximum Gasteiger partial charge on any atom is 0.242 e. The lowest BCUT2D eigenvalue weighted by Crippen LogP contribution is -2.36. The lowest BCUT2D eigenvalue weighted by molar-refractivity contribution is -0.118. The van der Waals surface area contributed by atoms with Gasteiger partial charge >= 0.3 is 0 Å². The third-order valence-electron chi connectivity index (χ3n) is 4.14. The fourth-order valence-electron chi connectivity index (χ4n) is 2.94. The summed E-state index contributed by atoms with van der Waals surface area (Å²) >= 11 is 0. The Balaban J connectivity index is 1.96. The first-order valence-electron chi connectivity index (χ1n) is 7.74. The Hall–Kier alpha value is -2.46. The van der Waals surface area contributed by atoms with Gasteiger partial charge in [0.25, 0.3) is 0 Å². The first kappa shape index (κ1) is 15.4. The number of likely N-dealkylation sites (N-methyl/N-ethyl adjacent to an activating group) is 1. The Bertz CT molecular complexity index is 725. The number of Topliss-reactive ketones (excluding diaryl/α,β-unsaturated/α-hetero) is 1. The van der Waals surface area contributed by atoms with Gasteiger partial charge in [0.2, 0.25) is 5.91 Å². The molecule has 0 saturated heterocycles. The second kappa shape index (κ2) is 6.34. The normalized spacial score (nSPS) is 16.7. The van der Waals surface area contributed by atoms with E-state index in [-0.39, 0.29) is 11.7 Å². The number of ketones is 1. The smallest absolute Gasteiger partial charge is 0.242 e. The summed E-state index contributed by atoms with van der Waals surface area (Å²) in [5.41, 5.74) is 2.24. The SMILES string of the molecule is CN(C)CCN1C(=O)C(C(=O)c2ccccc2)c2ccccc21. The van der Waals surface area contributed by atoms with Gasteiger partial charge in [0.05, 0.1) is 0 Å². The van der Waals surface area contributed by atoms with E-state index in [0.29, 0.717) is 12.1 Å². The summed E-state index contributed by atoms with van der Waals surface area (Å²) in [6.45, 7) is 1.34. The highest BCUT2D eigenvalue weighted by molar-refractivity contribution is 6.22. The van der Waals surface area contributed by atoms with Crippen LogP contribution in [0, 0.1) is 0 Å². The number of hydrogen-bond donors (Lipinski definition) is 0. The fraction of sp³-hybridized carbons (Fsp3) is 0.263. The van der Waals surface area contributed by atoms with Crippen molar-refractivity contribution in [1.29, 1.82) is 0 Å². The Morgan fingerprint density at radius 2 is 1.70 bits per heavy atom. The molecule has 23 heavy (non-hydrogen) atoms. The molecule has 2 aromatic rings. The zero-order valence-electron chi connectivity index (χ0n) is 13.4. The molecule has 0 aromatic heterocycles. The molecule has 1 amide bonds. The predicted octanol–water partition coefficient (Wildman–Crippen LogP) is 2.56. The van der Waals surface area contributed by atoms with E-state index < -0.39 is 5.92 Å². The van der Waals surface area contributed by atoms with Crippen LogP contribution in [0.5, 0.6) is 0 Å². The third-order valence-corrected chi connectivity index (χ3v) is 4.14. The van der Waals surface area contributed by atoms with E-state index in [1.54, 1.807) is 17.0 Å². The van der Waals surface area contributed by atoms with Gasteiger partial charge in [-0.15, -0.1) is 0 Å². The van der Waals surface area contributed by atoms with Crippen molar-refractivity contribution < 1.29 is 9.59 Å². The lowest BCUT2D eigenvalue weighted by atomic mass is 9.92. The number of rotatable bonds is 5. The van der Waals surface area contributed by atoms with Crippen molar-refractivity contribution >= 4 is 17.4 Å². The van der Waals surface area contributed by atoms with Crippen LogP contribution in [0.1, 0.15) is 21.8 Å². The average Bonchev–Trinajstić information content (AvgIpc) is 2.84. The summed E-state index contributed by atoms with van der Waals surface area (Å²) in [5.74, 6) is -0.979. The van der Waals surface area contributed by atoms with Gasteiger partial charge in [-0.2, -0.15) is 0 Å². The monoisotopic (exact) mass is 308 g/mol. The number of anilines is 1. The molecule has 3 rings (SSSR count). The van der Waals surface area contributed by atoms with E-state index in [9.17, 15) is 9.59 Å². The minimum atomic E-state index is -0.726. The number of para-hydroxylation sites is 1.